The molecule has 0 unspecified atom stereocenters. The fraction of sp³-hybridized carbons (Fsp3) is 0.273. The molecule has 0 aliphatic heterocycles. The third-order valence-corrected chi connectivity index (χ3v) is 9.43. The molecule has 2 N–H and O–H groups in total. The van der Waals surface area contributed by atoms with Gasteiger partial charge in [-0.15, -0.1) is 11.3 Å². The number of hydrogen-bond donors (Lipinski definition) is 1. The normalized spacial score (nSPS) is 12.3. The number of aryl methyl sites for hydroxylation is 2. The second-order valence-corrected chi connectivity index (χ2v) is 12.4. The minimum absolute atomic E-state index is 0.0119. The average Bonchev–Trinajstić information content (AvgIpc) is 3.22. The number of nitrogens with two attached hydrogens (primary N) is 1. The van der Waals surface area contributed by atoms with Crippen LogP contribution in [0.15, 0.2) is 62.5 Å². The van der Waals surface area contributed by atoms with Crippen molar-refractivity contribution in [1.82, 2.24) is 0 Å². The van der Waals surface area contributed by atoms with E-state index in [4.69, 9.17) is 5.73 Å². The van der Waals surface area contributed by atoms with Gasteiger partial charge < -0.3 is 5.73 Å². The van der Waals surface area contributed by atoms with Crippen molar-refractivity contribution in [2.45, 2.75) is 47.2 Å². The van der Waals surface area contributed by atoms with Crippen LogP contribution in [0.25, 0.3) is 11.1 Å². The van der Waals surface area contributed by atoms with Crippen molar-refractivity contribution in [3.8, 4) is 11.1 Å². The molecule has 8 heteroatoms. The number of benzene rings is 2. The molecule has 1 aromatic heterocycles. The molecular weight excluding hydrogens is 438 g/mol. The Bertz CT molecular complexity index is 1270. The van der Waals surface area contributed by atoms with E-state index in [-0.39, 0.29) is 20.5 Å². The summed E-state index contributed by atoms with van der Waals surface area (Å²) >= 11 is 1.10. The maximum absolute atomic E-state index is 13.3. The molecule has 0 aliphatic rings. The third-order valence-electron chi connectivity index (χ3n) is 5.01. The average molecular weight is 464 g/mol. The van der Waals surface area contributed by atoms with Gasteiger partial charge in [0.25, 0.3) is 0 Å². The first-order chi connectivity index (χ1) is 14.1. The van der Waals surface area contributed by atoms with Crippen LogP contribution >= 0.6 is 11.3 Å². The summed E-state index contributed by atoms with van der Waals surface area (Å²) < 4.78 is 51.5. The molecule has 0 radical (unpaired) electrons. The summed E-state index contributed by atoms with van der Waals surface area (Å²) in [4.78, 5) is 0.707. The molecule has 3 aromatic rings. The fourth-order valence-electron chi connectivity index (χ4n) is 3.43. The van der Waals surface area contributed by atoms with E-state index in [2.05, 4.69) is 0 Å². The Morgan fingerprint density at radius 2 is 1.47 bits per heavy atom. The van der Waals surface area contributed by atoms with Gasteiger partial charge in [-0.1, -0.05) is 32.0 Å². The molecule has 160 valence electrons. The van der Waals surface area contributed by atoms with Gasteiger partial charge >= 0.3 is 0 Å². The van der Waals surface area contributed by atoms with E-state index in [9.17, 15) is 16.8 Å². The maximum atomic E-state index is 13.3. The van der Waals surface area contributed by atoms with Crippen LogP contribution in [0.1, 0.15) is 29.9 Å². The van der Waals surface area contributed by atoms with Crippen LogP contribution in [0.3, 0.4) is 0 Å². The Labute approximate surface area is 182 Å². The minimum Gasteiger partial charge on any atom is -0.326 e. The van der Waals surface area contributed by atoms with Gasteiger partial charge in [-0.25, -0.2) is 16.8 Å². The summed E-state index contributed by atoms with van der Waals surface area (Å²) in [5.41, 5.74) is 9.22. The highest BCUT2D eigenvalue weighted by molar-refractivity contribution is 7.93. The number of hydrogen-bond acceptors (Lipinski definition) is 6. The van der Waals surface area contributed by atoms with Crippen LogP contribution in [-0.4, -0.2) is 23.1 Å². The standard InChI is InChI=1S/C22H25NO4S3/c1-4-15-7-6-8-16(5-2)22(15)17-11-19(29(3,24)25)13-20(12-17)30(26,27)21-10-9-18(14-23)28-21/h6-13H,4-5,14,23H2,1-3H3. The molecule has 0 bridgehead atoms. The fourth-order valence-corrected chi connectivity index (χ4v) is 6.89. The molecule has 30 heavy (non-hydrogen) atoms. The van der Waals surface area contributed by atoms with Crippen LogP contribution in [0.2, 0.25) is 0 Å². The monoisotopic (exact) mass is 463 g/mol. The lowest BCUT2D eigenvalue weighted by atomic mass is 9.92. The van der Waals surface area contributed by atoms with Gasteiger partial charge in [-0.2, -0.15) is 0 Å². The highest BCUT2D eigenvalue weighted by Gasteiger charge is 2.24. The third kappa shape index (κ3) is 4.37. The Balaban J connectivity index is 2.33. The zero-order valence-corrected chi connectivity index (χ0v) is 19.6. The van der Waals surface area contributed by atoms with Crippen molar-refractivity contribution in [1.29, 1.82) is 0 Å². The van der Waals surface area contributed by atoms with Crippen LogP contribution < -0.4 is 5.73 Å². The van der Waals surface area contributed by atoms with Crippen molar-refractivity contribution in [3.05, 3.63) is 64.5 Å². The van der Waals surface area contributed by atoms with Gasteiger partial charge in [0.2, 0.25) is 9.84 Å². The molecule has 2 aromatic carbocycles. The van der Waals surface area contributed by atoms with E-state index >= 15 is 0 Å². The van der Waals surface area contributed by atoms with E-state index < -0.39 is 19.7 Å². The molecule has 5 nitrogen and oxygen atoms in total. The van der Waals surface area contributed by atoms with Crippen molar-refractivity contribution < 1.29 is 16.8 Å². The van der Waals surface area contributed by atoms with Crippen molar-refractivity contribution >= 4 is 31.0 Å². The predicted molar refractivity (Wildman–Crippen MR) is 121 cm³/mol. The van der Waals surface area contributed by atoms with Crippen molar-refractivity contribution in [2.24, 2.45) is 5.73 Å². The van der Waals surface area contributed by atoms with Crippen molar-refractivity contribution in [2.75, 3.05) is 6.26 Å². The molecule has 0 fully saturated rings. The van der Waals surface area contributed by atoms with E-state index in [0.717, 1.165) is 52.0 Å². The van der Waals surface area contributed by atoms with Gasteiger partial charge in [0.05, 0.1) is 9.79 Å². The molecule has 3 rings (SSSR count). The molecule has 0 spiro atoms. The van der Waals surface area contributed by atoms with Crippen LogP contribution in [-0.2, 0) is 39.1 Å². The lowest BCUT2D eigenvalue weighted by molar-refractivity contribution is 0.597. The van der Waals surface area contributed by atoms with Gasteiger partial charge in [-0.3, -0.25) is 0 Å². The smallest absolute Gasteiger partial charge is 0.216 e. The van der Waals surface area contributed by atoms with Gasteiger partial charge in [0.15, 0.2) is 9.84 Å². The van der Waals surface area contributed by atoms with Crippen LogP contribution in [0.5, 0.6) is 0 Å². The Kier molecular flexibility index (Phi) is 6.52. The zero-order valence-electron chi connectivity index (χ0n) is 17.2. The topological polar surface area (TPSA) is 94.3 Å². The number of sulfone groups is 2. The highest BCUT2D eigenvalue weighted by atomic mass is 32.2. The lowest BCUT2D eigenvalue weighted by Gasteiger charge is -2.16. The SMILES string of the molecule is CCc1cccc(CC)c1-c1cc(S(C)(=O)=O)cc(S(=O)(=O)c2ccc(CN)s2)c1. The quantitative estimate of drug-likeness (QED) is 0.566. The largest absolute Gasteiger partial charge is 0.326 e. The molecule has 0 saturated heterocycles. The van der Waals surface area contributed by atoms with E-state index in [1.807, 2.05) is 32.0 Å². The first-order valence-corrected chi connectivity index (χ1v) is 13.8. The van der Waals surface area contributed by atoms with Gasteiger partial charge in [-0.05, 0) is 65.4 Å². The minimum atomic E-state index is -3.88. The van der Waals surface area contributed by atoms with Gasteiger partial charge in [0.1, 0.15) is 4.21 Å². The summed E-state index contributed by atoms with van der Waals surface area (Å²) in [7, 11) is -7.50. The molecule has 0 aliphatic carbocycles. The number of rotatable bonds is 7. The first-order valence-electron chi connectivity index (χ1n) is 9.62. The summed E-state index contributed by atoms with van der Waals surface area (Å²) in [6.45, 7) is 4.30. The molecular formula is C22H25NO4S3. The first kappa shape index (κ1) is 22.7. The summed E-state index contributed by atoms with van der Waals surface area (Å²) in [5, 5.41) is 0. The molecule has 1 heterocycles. The summed E-state index contributed by atoms with van der Waals surface area (Å²) in [6, 6.07) is 13.6. The zero-order chi connectivity index (χ0) is 22.1. The molecule has 0 atom stereocenters. The molecule has 0 saturated carbocycles. The summed E-state index contributed by atoms with van der Waals surface area (Å²) in [6.07, 6.45) is 2.59. The van der Waals surface area contributed by atoms with Crippen LogP contribution in [0, 0.1) is 0 Å². The van der Waals surface area contributed by atoms with E-state index in [1.54, 1.807) is 18.2 Å². The number of thiophene rings is 1. The van der Waals surface area contributed by atoms with Crippen LogP contribution in [0.4, 0.5) is 0 Å². The Hall–Kier alpha value is -2.00. The van der Waals surface area contributed by atoms with Crippen molar-refractivity contribution in [3.63, 3.8) is 0 Å². The van der Waals surface area contributed by atoms with E-state index in [0.29, 0.717) is 5.56 Å². The predicted octanol–water partition coefficient (Wildman–Crippen LogP) is 4.23. The summed E-state index contributed by atoms with van der Waals surface area (Å²) in [5.74, 6) is 0. The van der Waals surface area contributed by atoms with E-state index in [1.165, 1.54) is 12.1 Å². The maximum Gasteiger partial charge on any atom is 0.216 e. The second-order valence-electron chi connectivity index (χ2n) is 7.05. The van der Waals surface area contributed by atoms with Gasteiger partial charge in [0, 0.05) is 17.7 Å². The lowest BCUT2D eigenvalue weighted by Crippen LogP contribution is -2.05. The Morgan fingerprint density at radius 3 is 1.97 bits per heavy atom. The Morgan fingerprint density at radius 1 is 0.867 bits per heavy atom. The molecule has 0 amide bonds. The highest BCUT2D eigenvalue weighted by Crippen LogP contribution is 2.35. The second kappa shape index (κ2) is 8.63.